The number of ether oxygens (including phenoxy) is 1. The lowest BCUT2D eigenvalue weighted by Crippen LogP contribution is -2.47. The fourth-order valence-electron chi connectivity index (χ4n) is 2.75. The van der Waals surface area contributed by atoms with Crippen LogP contribution in [-0.4, -0.2) is 27.5 Å². The predicted molar refractivity (Wildman–Crippen MR) is 110 cm³/mol. The lowest BCUT2D eigenvalue weighted by molar-refractivity contribution is -0.123. The molecule has 7 heteroatoms. The number of methoxy groups -OCH3 is 1. The van der Waals surface area contributed by atoms with Crippen LogP contribution in [0.1, 0.15) is 31.4 Å². The standard InChI is InChI=1S/C21H28N2O4S/c1-15(2)12-20(23-28(25,26)19-10-8-16(3)9-11-19)21(24)22-14-17-6-5-7-18(13-17)27-4/h5-11,13,15,20,23H,12,14H2,1-4H3,(H,22,24). The van der Waals surface area contributed by atoms with Gasteiger partial charge in [-0.1, -0.05) is 43.7 Å². The van der Waals surface area contributed by atoms with Crippen LogP contribution < -0.4 is 14.8 Å². The molecular weight excluding hydrogens is 376 g/mol. The van der Waals surface area contributed by atoms with Crippen molar-refractivity contribution in [2.45, 2.75) is 44.7 Å². The molecule has 0 bridgehead atoms. The van der Waals surface area contributed by atoms with E-state index in [1.165, 1.54) is 12.1 Å². The van der Waals surface area contributed by atoms with E-state index < -0.39 is 16.1 Å². The van der Waals surface area contributed by atoms with E-state index in [2.05, 4.69) is 10.0 Å². The third-order valence-electron chi connectivity index (χ3n) is 4.25. The average Bonchev–Trinajstić information content (AvgIpc) is 2.65. The molecule has 0 spiro atoms. The van der Waals surface area contributed by atoms with Gasteiger partial charge in [-0.25, -0.2) is 8.42 Å². The zero-order valence-electron chi connectivity index (χ0n) is 16.7. The van der Waals surface area contributed by atoms with Crippen molar-refractivity contribution in [3.63, 3.8) is 0 Å². The number of hydrogen-bond donors (Lipinski definition) is 2. The Morgan fingerprint density at radius 2 is 1.79 bits per heavy atom. The Bertz CT molecular complexity index is 893. The minimum Gasteiger partial charge on any atom is -0.497 e. The lowest BCUT2D eigenvalue weighted by Gasteiger charge is -2.20. The van der Waals surface area contributed by atoms with E-state index in [4.69, 9.17) is 4.74 Å². The summed E-state index contributed by atoms with van der Waals surface area (Å²) in [4.78, 5) is 12.8. The van der Waals surface area contributed by atoms with Crippen molar-refractivity contribution in [2.24, 2.45) is 5.92 Å². The topological polar surface area (TPSA) is 84.5 Å². The van der Waals surface area contributed by atoms with Gasteiger partial charge in [-0.3, -0.25) is 4.79 Å². The van der Waals surface area contributed by atoms with Crippen LogP contribution >= 0.6 is 0 Å². The Morgan fingerprint density at radius 3 is 2.39 bits per heavy atom. The Hall–Kier alpha value is -2.38. The molecular formula is C21H28N2O4S. The van der Waals surface area contributed by atoms with Crippen molar-refractivity contribution in [1.82, 2.24) is 10.0 Å². The molecule has 0 radical (unpaired) electrons. The zero-order valence-corrected chi connectivity index (χ0v) is 17.5. The third kappa shape index (κ3) is 6.35. The minimum atomic E-state index is -3.79. The van der Waals surface area contributed by atoms with E-state index in [-0.39, 0.29) is 23.3 Å². The Kier molecular flexibility index (Phi) is 7.60. The zero-order chi connectivity index (χ0) is 20.7. The van der Waals surface area contributed by atoms with Gasteiger partial charge in [-0.2, -0.15) is 4.72 Å². The first-order chi connectivity index (χ1) is 13.2. The van der Waals surface area contributed by atoms with Gasteiger partial charge in [0, 0.05) is 6.54 Å². The van der Waals surface area contributed by atoms with Crippen molar-refractivity contribution in [1.29, 1.82) is 0 Å². The van der Waals surface area contributed by atoms with E-state index in [0.717, 1.165) is 11.1 Å². The Labute approximate surface area is 167 Å². The summed E-state index contributed by atoms with van der Waals surface area (Å²) in [5.41, 5.74) is 1.84. The van der Waals surface area contributed by atoms with Gasteiger partial charge in [-0.05, 0) is 49.1 Å². The molecule has 152 valence electrons. The van der Waals surface area contributed by atoms with Crippen LogP contribution in [-0.2, 0) is 21.4 Å². The number of carbonyl (C=O) groups is 1. The molecule has 1 atom stereocenters. The normalized spacial score (nSPS) is 12.6. The predicted octanol–water partition coefficient (Wildman–Crippen LogP) is 3.01. The number of hydrogen-bond acceptors (Lipinski definition) is 4. The molecule has 0 aliphatic heterocycles. The van der Waals surface area contributed by atoms with Crippen LogP contribution in [0.15, 0.2) is 53.4 Å². The van der Waals surface area contributed by atoms with Crippen molar-refractivity contribution in [3.8, 4) is 5.75 Å². The number of aryl methyl sites for hydroxylation is 1. The van der Waals surface area contributed by atoms with Crippen molar-refractivity contribution < 1.29 is 17.9 Å². The SMILES string of the molecule is COc1cccc(CNC(=O)C(CC(C)C)NS(=O)(=O)c2ccc(C)cc2)c1. The summed E-state index contributed by atoms with van der Waals surface area (Å²) >= 11 is 0. The number of sulfonamides is 1. The molecule has 0 saturated carbocycles. The largest absolute Gasteiger partial charge is 0.497 e. The molecule has 0 aromatic heterocycles. The highest BCUT2D eigenvalue weighted by atomic mass is 32.2. The van der Waals surface area contributed by atoms with Crippen LogP contribution in [0, 0.1) is 12.8 Å². The van der Waals surface area contributed by atoms with Crippen LogP contribution in [0.5, 0.6) is 5.75 Å². The Morgan fingerprint density at radius 1 is 1.11 bits per heavy atom. The van der Waals surface area contributed by atoms with Gasteiger partial charge in [-0.15, -0.1) is 0 Å². The number of amides is 1. The van der Waals surface area contributed by atoms with Gasteiger partial charge in [0.25, 0.3) is 0 Å². The van der Waals surface area contributed by atoms with Gasteiger partial charge < -0.3 is 10.1 Å². The summed E-state index contributed by atoms with van der Waals surface area (Å²) in [6.45, 7) is 6.07. The second-order valence-electron chi connectivity index (χ2n) is 7.19. The average molecular weight is 405 g/mol. The number of carbonyl (C=O) groups excluding carboxylic acids is 1. The molecule has 2 aromatic rings. The molecule has 1 unspecified atom stereocenters. The molecule has 1 amide bonds. The molecule has 0 saturated heterocycles. The van der Waals surface area contributed by atoms with E-state index in [9.17, 15) is 13.2 Å². The van der Waals surface area contributed by atoms with Gasteiger partial charge in [0.1, 0.15) is 11.8 Å². The number of nitrogens with one attached hydrogen (secondary N) is 2. The van der Waals surface area contributed by atoms with E-state index >= 15 is 0 Å². The van der Waals surface area contributed by atoms with Crippen LogP contribution in [0.25, 0.3) is 0 Å². The summed E-state index contributed by atoms with van der Waals surface area (Å²) in [7, 11) is -2.21. The van der Waals surface area contributed by atoms with Crippen molar-refractivity contribution in [2.75, 3.05) is 7.11 Å². The van der Waals surface area contributed by atoms with Gasteiger partial charge >= 0.3 is 0 Å². The monoisotopic (exact) mass is 404 g/mol. The highest BCUT2D eigenvalue weighted by molar-refractivity contribution is 7.89. The molecule has 28 heavy (non-hydrogen) atoms. The first-order valence-electron chi connectivity index (χ1n) is 9.21. The van der Waals surface area contributed by atoms with E-state index in [1.807, 2.05) is 45.0 Å². The van der Waals surface area contributed by atoms with Crippen LogP contribution in [0.2, 0.25) is 0 Å². The fraction of sp³-hybridized carbons (Fsp3) is 0.381. The van der Waals surface area contributed by atoms with Gasteiger partial charge in [0.15, 0.2) is 0 Å². The number of rotatable bonds is 9. The highest BCUT2D eigenvalue weighted by Crippen LogP contribution is 2.15. The maximum Gasteiger partial charge on any atom is 0.241 e. The molecule has 0 fully saturated rings. The summed E-state index contributed by atoms with van der Waals surface area (Å²) in [6.07, 6.45) is 0.398. The van der Waals surface area contributed by atoms with E-state index in [0.29, 0.717) is 12.2 Å². The minimum absolute atomic E-state index is 0.146. The molecule has 6 nitrogen and oxygen atoms in total. The Balaban J connectivity index is 2.10. The van der Waals surface area contributed by atoms with Crippen LogP contribution in [0.3, 0.4) is 0 Å². The lowest BCUT2D eigenvalue weighted by atomic mass is 10.0. The second kappa shape index (κ2) is 9.71. The van der Waals surface area contributed by atoms with Crippen molar-refractivity contribution in [3.05, 3.63) is 59.7 Å². The highest BCUT2D eigenvalue weighted by Gasteiger charge is 2.26. The van der Waals surface area contributed by atoms with E-state index in [1.54, 1.807) is 19.2 Å². The van der Waals surface area contributed by atoms with Crippen LogP contribution in [0.4, 0.5) is 0 Å². The fourth-order valence-corrected chi connectivity index (χ4v) is 3.96. The van der Waals surface area contributed by atoms with Crippen molar-refractivity contribution >= 4 is 15.9 Å². The molecule has 0 aliphatic rings. The quantitative estimate of drug-likeness (QED) is 0.673. The van der Waals surface area contributed by atoms with Gasteiger partial charge in [0.05, 0.1) is 12.0 Å². The molecule has 2 aromatic carbocycles. The molecule has 2 N–H and O–H groups in total. The summed E-state index contributed by atoms with van der Waals surface area (Å²) in [5, 5.41) is 2.82. The summed E-state index contributed by atoms with van der Waals surface area (Å²) in [5.74, 6) is 0.492. The third-order valence-corrected chi connectivity index (χ3v) is 5.74. The summed E-state index contributed by atoms with van der Waals surface area (Å²) < 4.78 is 33.1. The maximum atomic E-state index is 12.7. The summed E-state index contributed by atoms with van der Waals surface area (Å²) in [6, 6.07) is 13.1. The molecule has 2 rings (SSSR count). The first kappa shape index (κ1) is 21.9. The molecule has 0 heterocycles. The molecule has 0 aliphatic carbocycles. The second-order valence-corrected chi connectivity index (χ2v) is 8.90. The van der Waals surface area contributed by atoms with Gasteiger partial charge in [0.2, 0.25) is 15.9 Å². The smallest absolute Gasteiger partial charge is 0.241 e. The first-order valence-corrected chi connectivity index (χ1v) is 10.7. The number of benzene rings is 2. The maximum absolute atomic E-state index is 12.7.